The Morgan fingerprint density at radius 2 is 2.19 bits per heavy atom. The quantitative estimate of drug-likeness (QED) is 0.865. The first-order chi connectivity index (χ1) is 7.44. The lowest BCUT2D eigenvalue weighted by Gasteiger charge is -2.22. The smallest absolute Gasteiger partial charge is 0.124 e. The minimum absolute atomic E-state index is 0.327. The average Bonchev–Trinajstić information content (AvgIpc) is 2.21. The zero-order valence-electron chi connectivity index (χ0n) is 9.59. The van der Waals surface area contributed by atoms with Gasteiger partial charge in [0.2, 0.25) is 0 Å². The maximum atomic E-state index is 12.8. The second-order valence-corrected chi connectivity index (χ2v) is 4.64. The van der Waals surface area contributed by atoms with Crippen molar-refractivity contribution in [2.24, 2.45) is 5.73 Å². The van der Waals surface area contributed by atoms with Gasteiger partial charge in [-0.2, -0.15) is 0 Å². The van der Waals surface area contributed by atoms with E-state index in [-0.39, 0.29) is 11.4 Å². The van der Waals surface area contributed by atoms with Gasteiger partial charge in [-0.1, -0.05) is 24.6 Å². The first kappa shape index (κ1) is 13.4. The van der Waals surface area contributed by atoms with Gasteiger partial charge in [0.1, 0.15) is 5.82 Å². The van der Waals surface area contributed by atoms with Crippen LogP contribution in [0.3, 0.4) is 0 Å². The van der Waals surface area contributed by atoms with Crippen molar-refractivity contribution in [1.82, 2.24) is 0 Å². The zero-order chi connectivity index (χ0) is 12.2. The van der Waals surface area contributed by atoms with Crippen LogP contribution in [-0.4, -0.2) is 12.1 Å². The van der Waals surface area contributed by atoms with Crippen LogP contribution in [0, 0.1) is 5.82 Å². The van der Waals surface area contributed by atoms with Gasteiger partial charge in [-0.25, -0.2) is 4.39 Å². The fourth-order valence-corrected chi connectivity index (χ4v) is 1.36. The van der Waals surface area contributed by atoms with E-state index in [4.69, 9.17) is 22.1 Å². The van der Waals surface area contributed by atoms with Crippen molar-refractivity contribution < 1.29 is 9.13 Å². The second kappa shape index (κ2) is 5.62. The van der Waals surface area contributed by atoms with Crippen LogP contribution < -0.4 is 5.73 Å². The topological polar surface area (TPSA) is 35.2 Å². The molecule has 1 rings (SSSR count). The molecule has 1 unspecified atom stereocenters. The Morgan fingerprint density at radius 1 is 1.50 bits per heavy atom. The third-order valence-corrected chi connectivity index (χ3v) is 2.86. The second-order valence-electron chi connectivity index (χ2n) is 4.24. The monoisotopic (exact) mass is 245 g/mol. The summed E-state index contributed by atoms with van der Waals surface area (Å²) >= 11 is 5.86. The van der Waals surface area contributed by atoms with Crippen LogP contribution in [0.15, 0.2) is 18.2 Å². The van der Waals surface area contributed by atoms with Crippen LogP contribution in [0.5, 0.6) is 0 Å². The summed E-state index contributed by atoms with van der Waals surface area (Å²) in [6.07, 6.45) is 0.837. The lowest BCUT2D eigenvalue weighted by atomic mass is 10.0. The predicted molar refractivity (Wildman–Crippen MR) is 63.9 cm³/mol. The maximum absolute atomic E-state index is 12.8. The molecule has 0 radical (unpaired) electrons. The Kier molecular flexibility index (Phi) is 4.71. The molecule has 0 aromatic heterocycles. The van der Waals surface area contributed by atoms with E-state index in [2.05, 4.69) is 0 Å². The first-order valence-corrected chi connectivity index (χ1v) is 5.63. The number of benzene rings is 1. The van der Waals surface area contributed by atoms with E-state index in [9.17, 15) is 4.39 Å². The molecule has 0 saturated heterocycles. The number of nitrogens with two attached hydrogens (primary N) is 1. The Balaban J connectivity index is 2.49. The minimum atomic E-state index is -0.342. The fourth-order valence-electron chi connectivity index (χ4n) is 1.13. The molecule has 90 valence electrons. The van der Waals surface area contributed by atoms with E-state index in [0.29, 0.717) is 18.2 Å². The molecule has 0 bridgehead atoms. The Bertz CT molecular complexity index is 355. The third kappa shape index (κ3) is 4.08. The SMILES string of the molecule is CCC(C)(N)COCc1ccc(F)cc1Cl. The van der Waals surface area contributed by atoms with Crippen LogP contribution in [0.1, 0.15) is 25.8 Å². The van der Waals surface area contributed by atoms with Crippen molar-refractivity contribution in [3.63, 3.8) is 0 Å². The highest BCUT2D eigenvalue weighted by atomic mass is 35.5. The van der Waals surface area contributed by atoms with Crippen LogP contribution in [0.25, 0.3) is 0 Å². The summed E-state index contributed by atoms with van der Waals surface area (Å²) in [5.41, 5.74) is 6.37. The maximum Gasteiger partial charge on any atom is 0.124 e. The van der Waals surface area contributed by atoms with Crippen molar-refractivity contribution >= 4 is 11.6 Å². The third-order valence-electron chi connectivity index (χ3n) is 2.51. The molecule has 0 aliphatic rings. The molecule has 0 fully saturated rings. The molecule has 0 spiro atoms. The molecule has 0 saturated carbocycles. The lowest BCUT2D eigenvalue weighted by molar-refractivity contribution is 0.0777. The van der Waals surface area contributed by atoms with E-state index in [1.165, 1.54) is 12.1 Å². The van der Waals surface area contributed by atoms with E-state index in [1.807, 2.05) is 13.8 Å². The van der Waals surface area contributed by atoms with Gasteiger partial charge < -0.3 is 10.5 Å². The van der Waals surface area contributed by atoms with Crippen molar-refractivity contribution in [3.05, 3.63) is 34.6 Å². The van der Waals surface area contributed by atoms with E-state index >= 15 is 0 Å². The molecule has 0 aliphatic carbocycles. The molecule has 0 aliphatic heterocycles. The summed E-state index contributed by atoms with van der Waals surface area (Å²) < 4.78 is 18.2. The highest BCUT2D eigenvalue weighted by Gasteiger charge is 2.15. The molecule has 1 atom stereocenters. The molecule has 2 nitrogen and oxygen atoms in total. The average molecular weight is 246 g/mol. The molecule has 4 heteroatoms. The van der Waals surface area contributed by atoms with Gasteiger partial charge in [0.05, 0.1) is 13.2 Å². The van der Waals surface area contributed by atoms with Crippen LogP contribution in [0.2, 0.25) is 5.02 Å². The molecule has 2 N–H and O–H groups in total. The fraction of sp³-hybridized carbons (Fsp3) is 0.500. The van der Waals surface area contributed by atoms with Crippen molar-refractivity contribution in [1.29, 1.82) is 0 Å². The normalized spacial score (nSPS) is 14.8. The summed E-state index contributed by atoms with van der Waals surface area (Å²) in [7, 11) is 0. The van der Waals surface area contributed by atoms with Crippen LogP contribution in [0.4, 0.5) is 4.39 Å². The van der Waals surface area contributed by atoms with E-state index < -0.39 is 0 Å². The number of halogens is 2. The number of hydrogen-bond donors (Lipinski definition) is 1. The first-order valence-electron chi connectivity index (χ1n) is 5.25. The Hall–Kier alpha value is -0.640. The van der Waals surface area contributed by atoms with Crippen molar-refractivity contribution in [3.8, 4) is 0 Å². The van der Waals surface area contributed by atoms with Gasteiger partial charge in [0.15, 0.2) is 0 Å². The standard InChI is InChI=1S/C12H17ClFNO/c1-3-12(2,15)8-16-7-9-4-5-10(14)6-11(9)13/h4-6H,3,7-8,15H2,1-2H3. The van der Waals surface area contributed by atoms with Gasteiger partial charge >= 0.3 is 0 Å². The zero-order valence-corrected chi connectivity index (χ0v) is 10.4. The van der Waals surface area contributed by atoms with Gasteiger partial charge in [-0.05, 0) is 31.0 Å². The summed E-state index contributed by atoms with van der Waals surface area (Å²) in [4.78, 5) is 0. The van der Waals surface area contributed by atoms with Gasteiger partial charge in [-0.15, -0.1) is 0 Å². The van der Waals surface area contributed by atoms with Crippen molar-refractivity contribution in [2.45, 2.75) is 32.4 Å². The number of ether oxygens (including phenoxy) is 1. The van der Waals surface area contributed by atoms with Crippen LogP contribution >= 0.6 is 11.6 Å². The summed E-state index contributed by atoms with van der Waals surface area (Å²) in [5.74, 6) is -0.342. The molecule has 1 aromatic carbocycles. The Labute approximate surface area is 101 Å². The summed E-state index contributed by atoms with van der Waals surface area (Å²) in [6.45, 7) is 4.75. The van der Waals surface area contributed by atoms with Crippen molar-refractivity contribution in [2.75, 3.05) is 6.61 Å². The molecule has 16 heavy (non-hydrogen) atoms. The highest BCUT2D eigenvalue weighted by molar-refractivity contribution is 6.31. The molecular formula is C12H17ClFNO. The lowest BCUT2D eigenvalue weighted by Crippen LogP contribution is -2.40. The van der Waals surface area contributed by atoms with Gasteiger partial charge in [-0.3, -0.25) is 0 Å². The van der Waals surface area contributed by atoms with Gasteiger partial charge in [0.25, 0.3) is 0 Å². The molecule has 0 amide bonds. The summed E-state index contributed by atoms with van der Waals surface area (Å²) in [5, 5.41) is 0.384. The molecule has 1 aromatic rings. The van der Waals surface area contributed by atoms with Gasteiger partial charge in [0, 0.05) is 10.6 Å². The molecular weight excluding hydrogens is 229 g/mol. The highest BCUT2D eigenvalue weighted by Crippen LogP contribution is 2.18. The Morgan fingerprint density at radius 3 is 2.75 bits per heavy atom. The van der Waals surface area contributed by atoms with E-state index in [1.54, 1.807) is 6.07 Å². The minimum Gasteiger partial charge on any atom is -0.375 e. The summed E-state index contributed by atoms with van der Waals surface area (Å²) in [6, 6.07) is 4.27. The number of hydrogen-bond acceptors (Lipinski definition) is 2. The number of rotatable bonds is 5. The van der Waals surface area contributed by atoms with E-state index in [0.717, 1.165) is 12.0 Å². The predicted octanol–water partition coefficient (Wildman–Crippen LogP) is 3.12. The molecule has 0 heterocycles. The van der Waals surface area contributed by atoms with Crippen LogP contribution in [-0.2, 0) is 11.3 Å². The largest absolute Gasteiger partial charge is 0.375 e.